The van der Waals surface area contributed by atoms with Gasteiger partial charge in [0.15, 0.2) is 0 Å². The lowest BCUT2D eigenvalue weighted by molar-refractivity contribution is -0.139. The number of ether oxygens (including phenoxy) is 1. The summed E-state index contributed by atoms with van der Waals surface area (Å²) in [6.45, 7) is 7.83. The van der Waals surface area contributed by atoms with Crippen molar-refractivity contribution in [2.24, 2.45) is 5.92 Å². The molecule has 2 heterocycles. The molecule has 4 heteroatoms. The summed E-state index contributed by atoms with van der Waals surface area (Å²) in [4.78, 5) is 14.8. The number of carbonyl (C=O) groups is 1. The Morgan fingerprint density at radius 3 is 2.83 bits per heavy atom. The van der Waals surface area contributed by atoms with E-state index in [9.17, 15) is 4.79 Å². The largest absolute Gasteiger partial charge is 0.378 e. The Balaban J connectivity index is 2.01. The predicted octanol–water partition coefficient (Wildman–Crippen LogP) is 1.40. The summed E-state index contributed by atoms with van der Waals surface area (Å²) in [6.07, 6.45) is 4.33. The number of hydrogen-bond acceptors (Lipinski definition) is 3. The van der Waals surface area contributed by atoms with E-state index in [1.165, 1.54) is 6.42 Å². The van der Waals surface area contributed by atoms with Gasteiger partial charge in [0.1, 0.15) is 0 Å². The van der Waals surface area contributed by atoms with Gasteiger partial charge in [-0.05, 0) is 39.2 Å². The molecule has 1 amide bonds. The van der Waals surface area contributed by atoms with Crippen molar-refractivity contribution in [2.45, 2.75) is 51.7 Å². The molecule has 4 nitrogen and oxygen atoms in total. The molecule has 2 rings (SSSR count). The topological polar surface area (TPSA) is 41.6 Å². The molecule has 0 aromatic heterocycles. The van der Waals surface area contributed by atoms with Crippen LogP contribution in [0.5, 0.6) is 0 Å². The second kappa shape index (κ2) is 6.53. The molecule has 0 radical (unpaired) electrons. The SMILES string of the molecule is CCCN(C(=O)C1CCOC1C)C1CCCNC1. The van der Waals surface area contributed by atoms with Gasteiger partial charge in [0, 0.05) is 25.7 Å². The number of hydrogen-bond donors (Lipinski definition) is 1. The van der Waals surface area contributed by atoms with Gasteiger partial charge < -0.3 is 15.0 Å². The molecular weight excluding hydrogens is 228 g/mol. The zero-order valence-corrected chi connectivity index (χ0v) is 11.7. The fraction of sp³-hybridized carbons (Fsp3) is 0.929. The molecule has 0 spiro atoms. The Kier molecular flexibility index (Phi) is 5.01. The second-order valence-corrected chi connectivity index (χ2v) is 5.50. The minimum Gasteiger partial charge on any atom is -0.378 e. The Bertz CT molecular complexity index is 277. The standard InChI is InChI=1S/C14H26N2O2/c1-3-8-16(12-5-4-7-15-10-12)14(17)13-6-9-18-11(13)2/h11-13,15H,3-10H2,1-2H3. The van der Waals surface area contributed by atoms with Crippen LogP contribution < -0.4 is 5.32 Å². The maximum atomic E-state index is 12.7. The van der Waals surface area contributed by atoms with E-state index in [0.29, 0.717) is 11.9 Å². The van der Waals surface area contributed by atoms with Gasteiger partial charge >= 0.3 is 0 Å². The third-order valence-electron chi connectivity index (χ3n) is 4.15. The Labute approximate surface area is 110 Å². The molecular formula is C14H26N2O2. The van der Waals surface area contributed by atoms with Crippen LogP contribution in [0.2, 0.25) is 0 Å². The fourth-order valence-electron chi connectivity index (χ4n) is 3.08. The highest BCUT2D eigenvalue weighted by Gasteiger charge is 2.36. The highest BCUT2D eigenvalue weighted by atomic mass is 16.5. The van der Waals surface area contributed by atoms with E-state index in [1.807, 2.05) is 6.92 Å². The van der Waals surface area contributed by atoms with E-state index in [2.05, 4.69) is 17.1 Å². The van der Waals surface area contributed by atoms with Crippen molar-refractivity contribution in [2.75, 3.05) is 26.2 Å². The molecule has 3 atom stereocenters. The Morgan fingerprint density at radius 2 is 2.28 bits per heavy atom. The van der Waals surface area contributed by atoms with Crippen LogP contribution in [-0.2, 0) is 9.53 Å². The van der Waals surface area contributed by atoms with Gasteiger partial charge in [-0.25, -0.2) is 0 Å². The second-order valence-electron chi connectivity index (χ2n) is 5.50. The van der Waals surface area contributed by atoms with Gasteiger partial charge in [-0.3, -0.25) is 4.79 Å². The molecule has 2 saturated heterocycles. The zero-order chi connectivity index (χ0) is 13.0. The van der Waals surface area contributed by atoms with Gasteiger partial charge in [0.2, 0.25) is 5.91 Å². The lowest BCUT2D eigenvalue weighted by Gasteiger charge is -2.36. The number of piperidine rings is 1. The van der Waals surface area contributed by atoms with Crippen molar-refractivity contribution in [3.8, 4) is 0 Å². The first-order chi connectivity index (χ1) is 8.74. The van der Waals surface area contributed by atoms with Crippen LogP contribution in [0.3, 0.4) is 0 Å². The highest BCUT2D eigenvalue weighted by Crippen LogP contribution is 2.25. The smallest absolute Gasteiger partial charge is 0.228 e. The lowest BCUT2D eigenvalue weighted by Crippen LogP contribution is -2.51. The molecule has 2 aliphatic rings. The van der Waals surface area contributed by atoms with E-state index in [4.69, 9.17) is 4.74 Å². The van der Waals surface area contributed by atoms with Gasteiger partial charge in [0.25, 0.3) is 0 Å². The summed E-state index contributed by atoms with van der Waals surface area (Å²) in [5.74, 6) is 0.397. The van der Waals surface area contributed by atoms with Gasteiger partial charge in [0.05, 0.1) is 12.0 Å². The Morgan fingerprint density at radius 1 is 1.44 bits per heavy atom. The average Bonchev–Trinajstić information content (AvgIpc) is 2.82. The van der Waals surface area contributed by atoms with Crippen LogP contribution in [0.4, 0.5) is 0 Å². The van der Waals surface area contributed by atoms with Crippen LogP contribution >= 0.6 is 0 Å². The zero-order valence-electron chi connectivity index (χ0n) is 11.7. The molecule has 0 saturated carbocycles. The molecule has 18 heavy (non-hydrogen) atoms. The number of nitrogens with one attached hydrogen (secondary N) is 1. The predicted molar refractivity (Wildman–Crippen MR) is 71.4 cm³/mol. The summed E-state index contributed by atoms with van der Waals surface area (Å²) in [5, 5.41) is 3.41. The summed E-state index contributed by atoms with van der Waals surface area (Å²) >= 11 is 0. The minimum absolute atomic E-state index is 0.0819. The van der Waals surface area contributed by atoms with Gasteiger partial charge in [-0.1, -0.05) is 6.92 Å². The maximum Gasteiger partial charge on any atom is 0.228 e. The third kappa shape index (κ3) is 3.04. The van der Waals surface area contributed by atoms with Gasteiger partial charge in [-0.2, -0.15) is 0 Å². The van der Waals surface area contributed by atoms with E-state index in [1.54, 1.807) is 0 Å². The number of rotatable bonds is 4. The van der Waals surface area contributed by atoms with Crippen molar-refractivity contribution >= 4 is 5.91 Å². The molecule has 104 valence electrons. The minimum atomic E-state index is 0.0819. The maximum absolute atomic E-state index is 12.7. The summed E-state index contributed by atoms with van der Waals surface area (Å²) in [5.41, 5.74) is 0. The lowest BCUT2D eigenvalue weighted by atomic mass is 9.97. The fourth-order valence-corrected chi connectivity index (χ4v) is 3.08. The quantitative estimate of drug-likeness (QED) is 0.824. The van der Waals surface area contributed by atoms with Gasteiger partial charge in [-0.15, -0.1) is 0 Å². The number of carbonyl (C=O) groups excluding carboxylic acids is 1. The molecule has 2 fully saturated rings. The van der Waals surface area contributed by atoms with E-state index < -0.39 is 0 Å². The molecule has 3 unspecified atom stereocenters. The normalized spacial score (nSPS) is 32.4. The van der Waals surface area contributed by atoms with E-state index >= 15 is 0 Å². The highest BCUT2D eigenvalue weighted by molar-refractivity contribution is 5.80. The van der Waals surface area contributed by atoms with Crippen molar-refractivity contribution in [1.82, 2.24) is 10.2 Å². The third-order valence-corrected chi connectivity index (χ3v) is 4.15. The average molecular weight is 254 g/mol. The molecule has 0 aromatic carbocycles. The molecule has 1 N–H and O–H groups in total. The summed E-state index contributed by atoms with van der Waals surface area (Å²) < 4.78 is 5.54. The first-order valence-corrected chi connectivity index (χ1v) is 7.36. The van der Waals surface area contributed by atoms with Crippen LogP contribution in [-0.4, -0.2) is 49.2 Å². The molecule has 0 bridgehead atoms. The number of nitrogens with zero attached hydrogens (tertiary/aromatic N) is 1. The molecule has 0 aliphatic carbocycles. The first kappa shape index (κ1) is 13.8. The van der Waals surface area contributed by atoms with E-state index in [-0.39, 0.29) is 12.0 Å². The summed E-state index contributed by atoms with van der Waals surface area (Å²) in [7, 11) is 0. The van der Waals surface area contributed by atoms with Crippen molar-refractivity contribution in [1.29, 1.82) is 0 Å². The summed E-state index contributed by atoms with van der Waals surface area (Å²) in [6, 6.07) is 0.388. The number of amides is 1. The van der Waals surface area contributed by atoms with Crippen molar-refractivity contribution in [3.63, 3.8) is 0 Å². The van der Waals surface area contributed by atoms with E-state index in [0.717, 1.165) is 45.5 Å². The molecule has 2 aliphatic heterocycles. The Hall–Kier alpha value is -0.610. The van der Waals surface area contributed by atoms with Crippen LogP contribution in [0.15, 0.2) is 0 Å². The molecule has 0 aromatic rings. The van der Waals surface area contributed by atoms with Crippen LogP contribution in [0.25, 0.3) is 0 Å². The monoisotopic (exact) mass is 254 g/mol. The first-order valence-electron chi connectivity index (χ1n) is 7.36. The van der Waals surface area contributed by atoms with Crippen LogP contribution in [0, 0.1) is 5.92 Å². The van der Waals surface area contributed by atoms with Crippen molar-refractivity contribution in [3.05, 3.63) is 0 Å². The van der Waals surface area contributed by atoms with Crippen molar-refractivity contribution < 1.29 is 9.53 Å². The van der Waals surface area contributed by atoms with Crippen LogP contribution in [0.1, 0.15) is 39.5 Å².